The fourth-order valence-corrected chi connectivity index (χ4v) is 2.30. The van der Waals surface area contributed by atoms with Crippen LogP contribution in [0.1, 0.15) is 12.5 Å². The highest BCUT2D eigenvalue weighted by atomic mass is 35.5. The quantitative estimate of drug-likeness (QED) is 0.765. The minimum absolute atomic E-state index is 0.0610. The molecule has 0 radical (unpaired) electrons. The van der Waals surface area contributed by atoms with Crippen molar-refractivity contribution in [2.75, 3.05) is 23.8 Å². The zero-order chi connectivity index (χ0) is 18.4. The van der Waals surface area contributed by atoms with Gasteiger partial charge in [-0.05, 0) is 37.3 Å². The van der Waals surface area contributed by atoms with Crippen molar-refractivity contribution >= 4 is 28.9 Å². The number of hydrogen-bond acceptors (Lipinski definition) is 3. The number of halogens is 4. The molecule has 2 aromatic carbocycles. The average molecular weight is 373 g/mol. The Morgan fingerprint density at radius 2 is 1.88 bits per heavy atom. The summed E-state index contributed by atoms with van der Waals surface area (Å²) in [5, 5.41) is 5.03. The van der Waals surface area contributed by atoms with Gasteiger partial charge < -0.3 is 15.4 Å². The number of alkyl halides is 3. The Labute approximate surface area is 147 Å². The Bertz CT molecular complexity index is 751. The van der Waals surface area contributed by atoms with E-state index < -0.39 is 17.6 Å². The maximum absolute atomic E-state index is 13.0. The third-order valence-electron chi connectivity index (χ3n) is 3.19. The van der Waals surface area contributed by atoms with Gasteiger partial charge in [0.25, 0.3) is 0 Å². The minimum atomic E-state index is -4.62. The van der Waals surface area contributed by atoms with Crippen molar-refractivity contribution in [3.63, 3.8) is 0 Å². The van der Waals surface area contributed by atoms with Gasteiger partial charge in [-0.2, -0.15) is 13.2 Å². The molecular weight excluding hydrogens is 357 g/mol. The predicted molar refractivity (Wildman–Crippen MR) is 91.2 cm³/mol. The molecule has 0 saturated heterocycles. The molecule has 0 heterocycles. The van der Waals surface area contributed by atoms with Crippen LogP contribution in [0.25, 0.3) is 0 Å². The van der Waals surface area contributed by atoms with Crippen LogP contribution in [-0.4, -0.2) is 19.1 Å². The molecule has 25 heavy (non-hydrogen) atoms. The second-order valence-corrected chi connectivity index (χ2v) is 5.46. The summed E-state index contributed by atoms with van der Waals surface area (Å²) in [7, 11) is 0. The molecule has 1 amide bonds. The summed E-state index contributed by atoms with van der Waals surface area (Å²) >= 11 is 5.61. The van der Waals surface area contributed by atoms with Gasteiger partial charge in [0.15, 0.2) is 0 Å². The first kappa shape index (κ1) is 18.9. The van der Waals surface area contributed by atoms with Crippen molar-refractivity contribution in [3.8, 4) is 5.75 Å². The van der Waals surface area contributed by atoms with Gasteiger partial charge in [-0.3, -0.25) is 4.79 Å². The second-order valence-electron chi connectivity index (χ2n) is 5.02. The minimum Gasteiger partial charge on any atom is -0.492 e. The standard InChI is InChI=1S/C17H16ClF3N2O2/c1-2-25-15-6-4-3-5-14(15)22-10-16(24)23-13-8-7-11(18)9-12(13)17(19,20)21/h3-9,22H,2,10H2,1H3,(H,23,24). The van der Waals surface area contributed by atoms with Gasteiger partial charge in [0.2, 0.25) is 5.91 Å². The Balaban J connectivity index is 2.07. The molecule has 0 atom stereocenters. The second kappa shape index (κ2) is 8.11. The van der Waals surface area contributed by atoms with Gasteiger partial charge in [0.1, 0.15) is 5.75 Å². The van der Waals surface area contributed by atoms with E-state index in [0.29, 0.717) is 18.0 Å². The number of ether oxygens (including phenoxy) is 1. The lowest BCUT2D eigenvalue weighted by Gasteiger charge is -2.15. The summed E-state index contributed by atoms with van der Waals surface area (Å²) in [4.78, 5) is 12.0. The molecule has 0 aromatic heterocycles. The lowest BCUT2D eigenvalue weighted by Crippen LogP contribution is -2.23. The number of carbonyl (C=O) groups excluding carboxylic acids is 1. The number of hydrogen-bond donors (Lipinski definition) is 2. The van der Waals surface area contributed by atoms with E-state index in [0.717, 1.165) is 12.1 Å². The molecular formula is C17H16ClF3N2O2. The number of rotatable bonds is 6. The molecule has 2 rings (SSSR count). The third-order valence-corrected chi connectivity index (χ3v) is 3.42. The van der Waals surface area contributed by atoms with Crippen LogP contribution in [0.4, 0.5) is 24.5 Å². The smallest absolute Gasteiger partial charge is 0.418 e. The fourth-order valence-electron chi connectivity index (χ4n) is 2.12. The lowest BCUT2D eigenvalue weighted by atomic mass is 10.1. The number of amides is 1. The Morgan fingerprint density at radius 1 is 1.16 bits per heavy atom. The third kappa shape index (κ3) is 5.29. The van der Waals surface area contributed by atoms with Gasteiger partial charge in [-0.1, -0.05) is 23.7 Å². The van der Waals surface area contributed by atoms with Gasteiger partial charge in [0, 0.05) is 5.02 Å². The molecule has 8 heteroatoms. The highest BCUT2D eigenvalue weighted by molar-refractivity contribution is 6.30. The summed E-state index contributed by atoms with van der Waals surface area (Å²) < 4.78 is 44.5. The van der Waals surface area contributed by atoms with Gasteiger partial charge >= 0.3 is 6.18 Å². The summed E-state index contributed by atoms with van der Waals surface area (Å²) in [5.41, 5.74) is -0.767. The number of para-hydroxylation sites is 2. The van der Waals surface area contributed by atoms with E-state index >= 15 is 0 Å². The maximum Gasteiger partial charge on any atom is 0.418 e. The number of benzene rings is 2. The van der Waals surface area contributed by atoms with Crippen molar-refractivity contribution in [2.24, 2.45) is 0 Å². The zero-order valence-corrected chi connectivity index (χ0v) is 14.0. The molecule has 4 nitrogen and oxygen atoms in total. The highest BCUT2D eigenvalue weighted by Crippen LogP contribution is 2.36. The lowest BCUT2D eigenvalue weighted by molar-refractivity contribution is -0.137. The van der Waals surface area contributed by atoms with Crippen molar-refractivity contribution < 1.29 is 22.7 Å². The normalized spacial score (nSPS) is 11.1. The van der Waals surface area contributed by atoms with E-state index in [1.165, 1.54) is 6.07 Å². The molecule has 0 saturated carbocycles. The molecule has 2 N–H and O–H groups in total. The first-order valence-electron chi connectivity index (χ1n) is 7.43. The molecule has 0 aliphatic rings. The monoisotopic (exact) mass is 372 g/mol. The SMILES string of the molecule is CCOc1ccccc1NCC(=O)Nc1ccc(Cl)cc1C(F)(F)F. The topological polar surface area (TPSA) is 50.4 Å². The fraction of sp³-hybridized carbons (Fsp3) is 0.235. The molecule has 0 aliphatic heterocycles. The van der Waals surface area contributed by atoms with Crippen molar-refractivity contribution in [2.45, 2.75) is 13.1 Å². The maximum atomic E-state index is 13.0. The van der Waals surface area contributed by atoms with E-state index in [1.807, 2.05) is 6.92 Å². The van der Waals surface area contributed by atoms with E-state index in [2.05, 4.69) is 10.6 Å². The van der Waals surface area contributed by atoms with Crippen molar-refractivity contribution in [3.05, 3.63) is 53.1 Å². The van der Waals surface area contributed by atoms with Crippen molar-refractivity contribution in [1.29, 1.82) is 0 Å². The van der Waals surface area contributed by atoms with E-state index in [9.17, 15) is 18.0 Å². The Hall–Kier alpha value is -2.41. The number of nitrogens with one attached hydrogen (secondary N) is 2. The van der Waals surface area contributed by atoms with Crippen LogP contribution in [0.5, 0.6) is 5.75 Å². The first-order valence-corrected chi connectivity index (χ1v) is 7.81. The van der Waals surface area contributed by atoms with Crippen LogP contribution in [-0.2, 0) is 11.0 Å². The van der Waals surface area contributed by atoms with Crippen LogP contribution >= 0.6 is 11.6 Å². The molecule has 2 aromatic rings. The molecule has 0 bridgehead atoms. The summed E-state index contributed by atoms with van der Waals surface area (Å²) in [6.45, 7) is 2.05. The van der Waals surface area contributed by atoms with Crippen molar-refractivity contribution in [1.82, 2.24) is 0 Å². The Kier molecular flexibility index (Phi) is 6.14. The molecule has 134 valence electrons. The summed E-state index contributed by atoms with van der Waals surface area (Å²) in [6, 6.07) is 10.1. The zero-order valence-electron chi connectivity index (χ0n) is 13.3. The predicted octanol–water partition coefficient (Wildman–Crippen LogP) is 4.81. The van der Waals surface area contributed by atoms with E-state index in [4.69, 9.17) is 16.3 Å². The van der Waals surface area contributed by atoms with Gasteiger partial charge in [-0.15, -0.1) is 0 Å². The van der Waals surface area contributed by atoms with E-state index in [1.54, 1.807) is 24.3 Å². The van der Waals surface area contributed by atoms with Gasteiger partial charge in [0.05, 0.1) is 30.1 Å². The largest absolute Gasteiger partial charge is 0.492 e. The average Bonchev–Trinajstić information content (AvgIpc) is 2.55. The first-order chi connectivity index (χ1) is 11.8. The van der Waals surface area contributed by atoms with Crippen LogP contribution in [0.2, 0.25) is 5.02 Å². The molecule has 0 fully saturated rings. The molecule has 0 aliphatic carbocycles. The highest BCUT2D eigenvalue weighted by Gasteiger charge is 2.34. The van der Waals surface area contributed by atoms with E-state index in [-0.39, 0.29) is 17.3 Å². The molecule has 0 spiro atoms. The Morgan fingerprint density at radius 3 is 2.56 bits per heavy atom. The number of carbonyl (C=O) groups is 1. The van der Waals surface area contributed by atoms with Crippen LogP contribution in [0, 0.1) is 0 Å². The summed E-state index contributed by atoms with van der Waals surface area (Å²) in [5.74, 6) is -0.0700. The summed E-state index contributed by atoms with van der Waals surface area (Å²) in [6.07, 6.45) is -4.62. The van der Waals surface area contributed by atoms with Gasteiger partial charge in [-0.25, -0.2) is 0 Å². The van der Waals surface area contributed by atoms with Crippen LogP contribution < -0.4 is 15.4 Å². The van der Waals surface area contributed by atoms with Crippen LogP contribution in [0.3, 0.4) is 0 Å². The van der Waals surface area contributed by atoms with Crippen LogP contribution in [0.15, 0.2) is 42.5 Å². The number of anilines is 2. The molecule has 0 unspecified atom stereocenters.